The maximum absolute atomic E-state index is 12.0. The van der Waals surface area contributed by atoms with Crippen LogP contribution >= 0.6 is 0 Å². The molecule has 2 rings (SSSR count). The molecule has 0 aliphatic carbocycles. The van der Waals surface area contributed by atoms with Crippen LogP contribution in [0.4, 0.5) is 0 Å². The number of methoxy groups -OCH3 is 1. The van der Waals surface area contributed by atoms with Crippen LogP contribution in [-0.2, 0) is 13.5 Å². The van der Waals surface area contributed by atoms with E-state index in [4.69, 9.17) is 4.74 Å². The van der Waals surface area contributed by atoms with Gasteiger partial charge in [-0.25, -0.2) is 0 Å². The molecule has 2 aromatic rings. The van der Waals surface area contributed by atoms with Crippen LogP contribution in [0.15, 0.2) is 36.7 Å². The second-order valence-corrected chi connectivity index (χ2v) is 4.17. The molecule has 0 bridgehead atoms. The minimum atomic E-state index is 0.140. The smallest absolute Gasteiger partial charge is 0.163 e. The number of ether oxygens (including phenoxy) is 1. The molecule has 1 heterocycles. The summed E-state index contributed by atoms with van der Waals surface area (Å²) < 4.78 is 6.80. The number of hydrogen-bond donors (Lipinski definition) is 0. The SMILES string of the molecule is COc1ccc(C(=O)CCc2cnn(C)c2)cc1. The average Bonchev–Trinajstić information content (AvgIpc) is 2.82. The third kappa shape index (κ3) is 2.97. The number of nitrogens with zero attached hydrogens (tertiary/aromatic N) is 2. The number of Topliss-reactive ketones (excluding diaryl/α,β-unsaturated/α-hetero) is 1. The van der Waals surface area contributed by atoms with Gasteiger partial charge >= 0.3 is 0 Å². The Morgan fingerprint density at radius 1 is 1.33 bits per heavy atom. The van der Waals surface area contributed by atoms with Gasteiger partial charge in [0.25, 0.3) is 0 Å². The summed E-state index contributed by atoms with van der Waals surface area (Å²) in [6.07, 6.45) is 4.94. The number of rotatable bonds is 5. The summed E-state index contributed by atoms with van der Waals surface area (Å²) in [5.74, 6) is 0.903. The summed E-state index contributed by atoms with van der Waals surface area (Å²) in [7, 11) is 3.48. The first-order valence-corrected chi connectivity index (χ1v) is 5.84. The molecule has 0 atom stereocenters. The molecule has 0 spiro atoms. The maximum atomic E-state index is 12.0. The van der Waals surface area contributed by atoms with E-state index in [1.165, 1.54) is 0 Å². The first-order chi connectivity index (χ1) is 8.69. The Kier molecular flexibility index (Phi) is 3.77. The van der Waals surface area contributed by atoms with Crippen LogP contribution in [0.25, 0.3) is 0 Å². The van der Waals surface area contributed by atoms with E-state index < -0.39 is 0 Å². The summed E-state index contributed by atoms with van der Waals surface area (Å²) in [4.78, 5) is 12.0. The fourth-order valence-electron chi connectivity index (χ4n) is 1.78. The minimum Gasteiger partial charge on any atom is -0.497 e. The van der Waals surface area contributed by atoms with E-state index in [9.17, 15) is 4.79 Å². The quantitative estimate of drug-likeness (QED) is 0.758. The van der Waals surface area contributed by atoms with Gasteiger partial charge in [-0.3, -0.25) is 9.48 Å². The summed E-state index contributed by atoms with van der Waals surface area (Å²) in [6.45, 7) is 0. The number of benzene rings is 1. The van der Waals surface area contributed by atoms with Crippen LogP contribution in [0.5, 0.6) is 5.75 Å². The van der Waals surface area contributed by atoms with Gasteiger partial charge in [0.05, 0.1) is 13.3 Å². The number of ketones is 1. The van der Waals surface area contributed by atoms with Crippen molar-refractivity contribution in [2.75, 3.05) is 7.11 Å². The lowest BCUT2D eigenvalue weighted by Gasteiger charge is -2.02. The molecule has 94 valence electrons. The van der Waals surface area contributed by atoms with Gasteiger partial charge in [-0.1, -0.05) is 0 Å². The topological polar surface area (TPSA) is 44.1 Å². The van der Waals surface area contributed by atoms with E-state index in [2.05, 4.69) is 5.10 Å². The Morgan fingerprint density at radius 2 is 2.06 bits per heavy atom. The Hall–Kier alpha value is -2.10. The van der Waals surface area contributed by atoms with E-state index in [1.54, 1.807) is 42.3 Å². The van der Waals surface area contributed by atoms with Crippen molar-refractivity contribution in [3.63, 3.8) is 0 Å². The Bertz CT molecular complexity index is 529. The van der Waals surface area contributed by atoms with Crippen molar-refractivity contribution in [2.24, 2.45) is 7.05 Å². The standard InChI is InChI=1S/C14H16N2O2/c1-16-10-11(9-15-16)3-8-14(17)12-4-6-13(18-2)7-5-12/h4-7,9-10H,3,8H2,1-2H3. The fourth-order valence-corrected chi connectivity index (χ4v) is 1.78. The van der Waals surface area contributed by atoms with Crippen molar-refractivity contribution in [3.05, 3.63) is 47.8 Å². The number of hydrogen-bond acceptors (Lipinski definition) is 3. The van der Waals surface area contributed by atoms with E-state index in [1.807, 2.05) is 13.2 Å². The van der Waals surface area contributed by atoms with Gasteiger partial charge < -0.3 is 4.74 Å². The first kappa shape index (κ1) is 12.4. The van der Waals surface area contributed by atoms with Gasteiger partial charge in [-0.15, -0.1) is 0 Å². The molecule has 0 saturated carbocycles. The number of carbonyl (C=O) groups excluding carboxylic acids is 1. The molecule has 4 heteroatoms. The highest BCUT2D eigenvalue weighted by molar-refractivity contribution is 5.96. The largest absolute Gasteiger partial charge is 0.497 e. The van der Waals surface area contributed by atoms with E-state index in [0.717, 1.165) is 23.3 Å². The van der Waals surface area contributed by atoms with Gasteiger partial charge in [-0.05, 0) is 36.2 Å². The Balaban J connectivity index is 1.94. The first-order valence-electron chi connectivity index (χ1n) is 5.84. The van der Waals surface area contributed by atoms with Crippen LogP contribution in [-0.4, -0.2) is 22.7 Å². The van der Waals surface area contributed by atoms with E-state index in [-0.39, 0.29) is 5.78 Å². The van der Waals surface area contributed by atoms with Crippen molar-refractivity contribution in [3.8, 4) is 5.75 Å². The fraction of sp³-hybridized carbons (Fsp3) is 0.286. The average molecular weight is 244 g/mol. The molecule has 0 N–H and O–H groups in total. The van der Waals surface area contributed by atoms with Crippen LogP contribution in [0, 0.1) is 0 Å². The predicted molar refractivity (Wildman–Crippen MR) is 68.9 cm³/mol. The highest BCUT2D eigenvalue weighted by atomic mass is 16.5. The zero-order valence-corrected chi connectivity index (χ0v) is 10.6. The van der Waals surface area contributed by atoms with Crippen LogP contribution in [0.1, 0.15) is 22.3 Å². The monoisotopic (exact) mass is 244 g/mol. The summed E-state index contributed by atoms with van der Waals surface area (Å²) in [6, 6.07) is 7.20. The number of aromatic nitrogens is 2. The normalized spacial score (nSPS) is 10.3. The molecule has 0 unspecified atom stereocenters. The third-order valence-electron chi connectivity index (χ3n) is 2.81. The van der Waals surface area contributed by atoms with Gasteiger partial charge in [0.15, 0.2) is 5.78 Å². The van der Waals surface area contributed by atoms with Crippen molar-refractivity contribution in [2.45, 2.75) is 12.8 Å². The molecule has 4 nitrogen and oxygen atoms in total. The Labute approximate surface area is 106 Å². The van der Waals surface area contributed by atoms with Crippen LogP contribution in [0.3, 0.4) is 0 Å². The Morgan fingerprint density at radius 3 is 2.61 bits per heavy atom. The lowest BCUT2D eigenvalue weighted by Crippen LogP contribution is -2.00. The van der Waals surface area contributed by atoms with E-state index >= 15 is 0 Å². The van der Waals surface area contributed by atoms with E-state index in [0.29, 0.717) is 6.42 Å². The zero-order chi connectivity index (χ0) is 13.0. The molecular weight excluding hydrogens is 228 g/mol. The number of carbonyl (C=O) groups is 1. The van der Waals surface area contributed by atoms with Gasteiger partial charge in [0, 0.05) is 25.2 Å². The van der Waals surface area contributed by atoms with Crippen molar-refractivity contribution in [1.29, 1.82) is 0 Å². The summed E-state index contributed by atoms with van der Waals surface area (Å²) in [5.41, 5.74) is 1.80. The zero-order valence-electron chi connectivity index (χ0n) is 10.6. The second-order valence-electron chi connectivity index (χ2n) is 4.17. The number of aryl methyl sites for hydroxylation is 2. The molecule has 1 aromatic carbocycles. The van der Waals surface area contributed by atoms with Gasteiger partial charge in [0.1, 0.15) is 5.75 Å². The van der Waals surface area contributed by atoms with Crippen LogP contribution in [0.2, 0.25) is 0 Å². The summed E-state index contributed by atoms with van der Waals surface area (Å²) in [5, 5.41) is 4.08. The molecule has 0 saturated heterocycles. The molecule has 0 radical (unpaired) electrons. The maximum Gasteiger partial charge on any atom is 0.163 e. The molecule has 1 aromatic heterocycles. The third-order valence-corrected chi connectivity index (χ3v) is 2.81. The van der Waals surface area contributed by atoms with Crippen molar-refractivity contribution in [1.82, 2.24) is 9.78 Å². The highest BCUT2D eigenvalue weighted by Crippen LogP contribution is 2.13. The summed E-state index contributed by atoms with van der Waals surface area (Å²) >= 11 is 0. The molecular formula is C14H16N2O2. The lowest BCUT2D eigenvalue weighted by atomic mass is 10.0. The van der Waals surface area contributed by atoms with Gasteiger partial charge in [-0.2, -0.15) is 5.10 Å². The lowest BCUT2D eigenvalue weighted by molar-refractivity contribution is 0.0983. The molecule has 0 amide bonds. The predicted octanol–water partition coefficient (Wildman–Crippen LogP) is 2.24. The molecule has 18 heavy (non-hydrogen) atoms. The van der Waals surface area contributed by atoms with Crippen LogP contribution < -0.4 is 4.74 Å². The highest BCUT2D eigenvalue weighted by Gasteiger charge is 2.07. The van der Waals surface area contributed by atoms with Gasteiger partial charge in [0.2, 0.25) is 0 Å². The molecule has 0 fully saturated rings. The molecule has 0 aliphatic rings. The van der Waals surface area contributed by atoms with Crippen molar-refractivity contribution >= 4 is 5.78 Å². The second kappa shape index (κ2) is 5.49. The van der Waals surface area contributed by atoms with Crippen molar-refractivity contribution < 1.29 is 9.53 Å². The minimum absolute atomic E-state index is 0.140. The molecule has 0 aliphatic heterocycles.